The molecule has 9 heavy (non-hydrogen) atoms. The summed E-state index contributed by atoms with van der Waals surface area (Å²) >= 11 is 0. The smallest absolute Gasteiger partial charge is 0.293 e. The van der Waals surface area contributed by atoms with Crippen LogP contribution in [0.15, 0.2) is 12.7 Å². The van der Waals surface area contributed by atoms with Crippen LogP contribution in [0.5, 0.6) is 0 Å². The maximum atomic E-state index is 12.3. The topological polar surface area (TPSA) is 20.2 Å². The average molecular weight is 136 g/mol. The highest BCUT2D eigenvalue weighted by molar-refractivity contribution is 4.98. The average Bonchev–Trinajstić information content (AvgIpc) is 1.64. The summed E-state index contributed by atoms with van der Waals surface area (Å²) in [6.45, 7) is 4.96. The van der Waals surface area contributed by atoms with E-state index in [0.717, 1.165) is 13.8 Å². The molecular weight excluding hydrogens is 126 g/mol. The van der Waals surface area contributed by atoms with Crippen LogP contribution in [0.3, 0.4) is 0 Å². The second-order valence-electron chi connectivity index (χ2n) is 2.39. The fourth-order valence-electron chi connectivity index (χ4n) is 0.250. The monoisotopic (exact) mass is 136 g/mol. The zero-order chi connectivity index (χ0) is 7.71. The fourth-order valence-corrected chi connectivity index (χ4v) is 0.250. The lowest BCUT2D eigenvalue weighted by Gasteiger charge is -2.25. The second kappa shape index (κ2) is 2.06. The fraction of sp³-hybridized carbons (Fsp3) is 0.667. The van der Waals surface area contributed by atoms with Gasteiger partial charge in [0, 0.05) is 0 Å². The zero-order valence-corrected chi connectivity index (χ0v) is 5.49. The number of alkyl halides is 2. The van der Waals surface area contributed by atoms with Gasteiger partial charge in [0.1, 0.15) is 5.60 Å². The zero-order valence-electron chi connectivity index (χ0n) is 5.49. The third-order valence-electron chi connectivity index (χ3n) is 1.07. The van der Waals surface area contributed by atoms with Crippen LogP contribution in [0, 0.1) is 0 Å². The van der Waals surface area contributed by atoms with Crippen LogP contribution < -0.4 is 0 Å². The van der Waals surface area contributed by atoms with Crippen molar-refractivity contribution in [3.63, 3.8) is 0 Å². The molecule has 1 nitrogen and oxygen atoms in total. The molecule has 0 saturated carbocycles. The van der Waals surface area contributed by atoms with E-state index in [1.54, 1.807) is 0 Å². The first-order valence-corrected chi connectivity index (χ1v) is 2.55. The molecule has 0 unspecified atom stereocenters. The number of hydrogen-bond acceptors (Lipinski definition) is 1. The van der Waals surface area contributed by atoms with Crippen LogP contribution in [-0.2, 0) is 0 Å². The standard InChI is InChI=1S/C6H10F2O/c1-4-6(7,8)5(2,3)9/h4,9H,1H2,2-3H3. The Labute approximate surface area is 53.0 Å². The van der Waals surface area contributed by atoms with Gasteiger partial charge in [0.05, 0.1) is 0 Å². The van der Waals surface area contributed by atoms with Crippen molar-refractivity contribution in [2.45, 2.75) is 25.4 Å². The maximum absolute atomic E-state index is 12.3. The summed E-state index contributed by atoms with van der Waals surface area (Å²) in [5, 5.41) is 8.72. The van der Waals surface area contributed by atoms with E-state index in [1.807, 2.05) is 0 Å². The summed E-state index contributed by atoms with van der Waals surface area (Å²) in [7, 11) is 0. The van der Waals surface area contributed by atoms with Gasteiger partial charge in [0.2, 0.25) is 0 Å². The van der Waals surface area contributed by atoms with Crippen LogP contribution in [-0.4, -0.2) is 16.6 Å². The van der Waals surface area contributed by atoms with Gasteiger partial charge in [0.15, 0.2) is 0 Å². The minimum Gasteiger partial charge on any atom is -0.384 e. The minimum atomic E-state index is -3.20. The molecule has 1 N–H and O–H groups in total. The summed E-state index contributed by atoms with van der Waals surface area (Å²) in [6, 6.07) is 0. The lowest BCUT2D eigenvalue weighted by molar-refractivity contribution is -0.127. The minimum absolute atomic E-state index is 0.438. The van der Waals surface area contributed by atoms with Crippen molar-refractivity contribution in [3.8, 4) is 0 Å². The Bertz CT molecular complexity index is 113. The Morgan fingerprint density at radius 1 is 1.44 bits per heavy atom. The first kappa shape index (κ1) is 8.56. The Morgan fingerprint density at radius 2 is 1.78 bits per heavy atom. The highest BCUT2D eigenvalue weighted by Gasteiger charge is 2.41. The van der Waals surface area contributed by atoms with Crippen LogP contribution in [0.4, 0.5) is 8.78 Å². The summed E-state index contributed by atoms with van der Waals surface area (Å²) in [5.41, 5.74) is -2.01. The number of aliphatic hydroxyl groups is 1. The summed E-state index contributed by atoms with van der Waals surface area (Å²) < 4.78 is 24.6. The molecule has 0 aliphatic heterocycles. The molecule has 0 spiro atoms. The number of halogens is 2. The predicted molar refractivity (Wildman–Crippen MR) is 31.4 cm³/mol. The molecule has 0 saturated heterocycles. The highest BCUT2D eigenvalue weighted by Crippen LogP contribution is 2.28. The lowest BCUT2D eigenvalue weighted by atomic mass is 10.0. The van der Waals surface area contributed by atoms with Gasteiger partial charge in [-0.1, -0.05) is 6.58 Å². The molecule has 0 amide bonds. The molecule has 0 atom stereocenters. The third kappa shape index (κ3) is 1.75. The summed E-state index contributed by atoms with van der Waals surface area (Å²) in [4.78, 5) is 0. The van der Waals surface area contributed by atoms with E-state index in [0.29, 0.717) is 6.08 Å². The molecule has 0 aromatic heterocycles. The molecule has 54 valence electrons. The van der Waals surface area contributed by atoms with E-state index in [9.17, 15) is 8.78 Å². The molecule has 0 radical (unpaired) electrons. The molecule has 0 aliphatic rings. The normalized spacial score (nSPS) is 13.4. The van der Waals surface area contributed by atoms with Crippen LogP contribution in [0.2, 0.25) is 0 Å². The Morgan fingerprint density at radius 3 is 1.78 bits per heavy atom. The van der Waals surface area contributed by atoms with Crippen LogP contribution in [0.1, 0.15) is 13.8 Å². The molecule has 0 rings (SSSR count). The first-order valence-electron chi connectivity index (χ1n) is 2.55. The van der Waals surface area contributed by atoms with Crippen molar-refractivity contribution < 1.29 is 13.9 Å². The third-order valence-corrected chi connectivity index (χ3v) is 1.07. The van der Waals surface area contributed by atoms with Crippen molar-refractivity contribution in [3.05, 3.63) is 12.7 Å². The molecule has 3 heteroatoms. The molecule has 0 aromatic rings. The van der Waals surface area contributed by atoms with Gasteiger partial charge < -0.3 is 5.11 Å². The first-order chi connectivity index (χ1) is 3.81. The van der Waals surface area contributed by atoms with Gasteiger partial charge in [-0.25, -0.2) is 0 Å². The van der Waals surface area contributed by atoms with Gasteiger partial charge in [0.25, 0.3) is 5.92 Å². The van der Waals surface area contributed by atoms with Crippen molar-refractivity contribution in [2.24, 2.45) is 0 Å². The number of hydrogen-bond donors (Lipinski definition) is 1. The summed E-state index contributed by atoms with van der Waals surface area (Å²) in [5.74, 6) is -3.20. The Hall–Kier alpha value is -0.440. The Balaban J connectivity index is 4.32. The van der Waals surface area contributed by atoms with E-state index in [2.05, 4.69) is 6.58 Å². The van der Waals surface area contributed by atoms with Crippen molar-refractivity contribution >= 4 is 0 Å². The van der Waals surface area contributed by atoms with E-state index in [4.69, 9.17) is 5.11 Å². The van der Waals surface area contributed by atoms with E-state index in [1.165, 1.54) is 0 Å². The highest BCUT2D eigenvalue weighted by atomic mass is 19.3. The largest absolute Gasteiger partial charge is 0.384 e. The number of rotatable bonds is 2. The van der Waals surface area contributed by atoms with Gasteiger partial charge in [-0.2, -0.15) is 8.78 Å². The second-order valence-corrected chi connectivity index (χ2v) is 2.39. The molecule has 0 aromatic carbocycles. The van der Waals surface area contributed by atoms with Crippen LogP contribution in [0.25, 0.3) is 0 Å². The van der Waals surface area contributed by atoms with E-state index < -0.39 is 11.5 Å². The molecular formula is C6H10F2O. The lowest BCUT2D eigenvalue weighted by Crippen LogP contribution is -2.40. The predicted octanol–water partition coefficient (Wildman–Crippen LogP) is 1.58. The summed E-state index contributed by atoms with van der Waals surface area (Å²) in [6.07, 6.45) is 0.438. The van der Waals surface area contributed by atoms with Gasteiger partial charge >= 0.3 is 0 Å². The van der Waals surface area contributed by atoms with Crippen LogP contribution >= 0.6 is 0 Å². The maximum Gasteiger partial charge on any atom is 0.293 e. The SMILES string of the molecule is C=CC(F)(F)C(C)(C)O. The van der Waals surface area contributed by atoms with E-state index in [-0.39, 0.29) is 0 Å². The van der Waals surface area contributed by atoms with Crippen molar-refractivity contribution in [2.75, 3.05) is 0 Å². The van der Waals surface area contributed by atoms with Gasteiger partial charge in [-0.3, -0.25) is 0 Å². The molecule has 0 bridgehead atoms. The quantitative estimate of drug-likeness (QED) is 0.571. The molecule has 0 aliphatic carbocycles. The van der Waals surface area contributed by atoms with E-state index >= 15 is 0 Å². The van der Waals surface area contributed by atoms with Gasteiger partial charge in [-0.15, -0.1) is 0 Å². The molecule has 0 fully saturated rings. The molecule has 0 heterocycles. The Kier molecular flexibility index (Phi) is 1.96. The van der Waals surface area contributed by atoms with Crippen molar-refractivity contribution in [1.29, 1.82) is 0 Å². The van der Waals surface area contributed by atoms with Crippen molar-refractivity contribution in [1.82, 2.24) is 0 Å². The van der Waals surface area contributed by atoms with Gasteiger partial charge in [-0.05, 0) is 19.9 Å².